The lowest BCUT2D eigenvalue weighted by atomic mass is 10.1. The second-order valence-corrected chi connectivity index (χ2v) is 4.76. The lowest BCUT2D eigenvalue weighted by Gasteiger charge is -2.16. The molecule has 1 N–H and O–H groups in total. The molecule has 1 aromatic carbocycles. The van der Waals surface area contributed by atoms with Gasteiger partial charge in [-0.3, -0.25) is 19.3 Å². The first-order valence-electron chi connectivity index (χ1n) is 5.94. The van der Waals surface area contributed by atoms with Crippen molar-refractivity contribution in [3.05, 3.63) is 29.3 Å². The van der Waals surface area contributed by atoms with Crippen molar-refractivity contribution in [1.82, 2.24) is 4.90 Å². The van der Waals surface area contributed by atoms with Crippen LogP contribution in [0, 0.1) is 0 Å². The van der Waals surface area contributed by atoms with Gasteiger partial charge in [-0.05, 0) is 18.2 Å². The maximum Gasteiger partial charge on any atom is 0.261 e. The second-order valence-electron chi connectivity index (χ2n) is 4.76. The highest BCUT2D eigenvalue weighted by Crippen LogP contribution is 2.28. The molecular formula is C13H12N2O4. The highest BCUT2D eigenvalue weighted by molar-refractivity contribution is 6.21. The zero-order chi connectivity index (χ0) is 13.7. The number of carbonyl (C=O) groups is 3. The molecular weight excluding hydrogens is 248 g/mol. The molecule has 2 aliphatic heterocycles. The Bertz CT molecular complexity index is 611. The van der Waals surface area contributed by atoms with E-state index in [0.717, 1.165) is 4.90 Å². The van der Waals surface area contributed by atoms with Crippen molar-refractivity contribution in [2.24, 2.45) is 0 Å². The maximum atomic E-state index is 11.9. The van der Waals surface area contributed by atoms with Gasteiger partial charge < -0.3 is 10.0 Å². The van der Waals surface area contributed by atoms with Crippen LogP contribution in [0.5, 0.6) is 0 Å². The molecule has 1 saturated heterocycles. The van der Waals surface area contributed by atoms with Crippen molar-refractivity contribution in [3.63, 3.8) is 0 Å². The van der Waals surface area contributed by atoms with E-state index in [-0.39, 0.29) is 30.7 Å². The van der Waals surface area contributed by atoms with E-state index in [9.17, 15) is 19.5 Å². The van der Waals surface area contributed by atoms with E-state index in [2.05, 4.69) is 0 Å². The number of fused-ring (bicyclic) bond motifs is 1. The first-order valence-corrected chi connectivity index (χ1v) is 5.94. The number of rotatable bonds is 1. The zero-order valence-corrected chi connectivity index (χ0v) is 10.3. The molecule has 6 heteroatoms. The molecule has 0 aliphatic carbocycles. The number of amides is 3. The third-order valence-corrected chi connectivity index (χ3v) is 3.49. The van der Waals surface area contributed by atoms with E-state index in [4.69, 9.17) is 0 Å². The average Bonchev–Trinajstić information content (AvgIpc) is 2.83. The summed E-state index contributed by atoms with van der Waals surface area (Å²) in [6, 6.07) is 4.71. The van der Waals surface area contributed by atoms with Gasteiger partial charge in [0.1, 0.15) is 0 Å². The van der Waals surface area contributed by atoms with E-state index in [0.29, 0.717) is 16.8 Å². The quantitative estimate of drug-likeness (QED) is 0.721. The van der Waals surface area contributed by atoms with Crippen LogP contribution < -0.4 is 4.90 Å². The predicted molar refractivity (Wildman–Crippen MR) is 65.8 cm³/mol. The molecule has 19 heavy (non-hydrogen) atoms. The number of hydrogen-bond donors (Lipinski definition) is 1. The third kappa shape index (κ3) is 1.64. The minimum Gasteiger partial charge on any atom is -0.391 e. The summed E-state index contributed by atoms with van der Waals surface area (Å²) in [5.74, 6) is -0.883. The largest absolute Gasteiger partial charge is 0.391 e. The van der Waals surface area contributed by atoms with Gasteiger partial charge in [-0.15, -0.1) is 0 Å². The number of β-amino-alcohol motifs (C(OH)–C–C–N with tert-alkyl or cyclic N) is 1. The Labute approximate surface area is 109 Å². The fourth-order valence-corrected chi connectivity index (χ4v) is 2.46. The molecule has 1 unspecified atom stereocenters. The Balaban J connectivity index is 2.02. The molecule has 0 bridgehead atoms. The number of aliphatic hydroxyl groups is 1. The number of aliphatic hydroxyl groups excluding tert-OH is 1. The van der Waals surface area contributed by atoms with Crippen LogP contribution in [0.3, 0.4) is 0 Å². The molecule has 1 aromatic rings. The highest BCUT2D eigenvalue weighted by atomic mass is 16.3. The summed E-state index contributed by atoms with van der Waals surface area (Å²) in [6.45, 7) is 0.218. The number of carbonyl (C=O) groups excluding carboxylic acids is 3. The summed E-state index contributed by atoms with van der Waals surface area (Å²) in [4.78, 5) is 37.8. The Hall–Kier alpha value is -2.21. The lowest BCUT2D eigenvalue weighted by Crippen LogP contribution is -2.25. The fourth-order valence-electron chi connectivity index (χ4n) is 2.46. The first kappa shape index (κ1) is 11.9. The normalized spacial score (nSPS) is 22.4. The van der Waals surface area contributed by atoms with Gasteiger partial charge in [-0.1, -0.05) is 0 Å². The number of benzene rings is 1. The smallest absolute Gasteiger partial charge is 0.261 e. The van der Waals surface area contributed by atoms with E-state index in [1.807, 2.05) is 0 Å². The summed E-state index contributed by atoms with van der Waals surface area (Å²) in [5, 5.41) is 9.47. The van der Waals surface area contributed by atoms with Crippen LogP contribution in [0.1, 0.15) is 27.1 Å². The van der Waals surface area contributed by atoms with Crippen molar-refractivity contribution in [2.75, 3.05) is 18.5 Å². The van der Waals surface area contributed by atoms with Gasteiger partial charge in [-0.2, -0.15) is 0 Å². The molecule has 1 fully saturated rings. The molecule has 6 nitrogen and oxygen atoms in total. The van der Waals surface area contributed by atoms with Crippen LogP contribution in [-0.4, -0.2) is 47.4 Å². The van der Waals surface area contributed by atoms with Gasteiger partial charge in [0.05, 0.1) is 30.2 Å². The third-order valence-electron chi connectivity index (χ3n) is 3.49. The lowest BCUT2D eigenvalue weighted by molar-refractivity contribution is -0.117. The van der Waals surface area contributed by atoms with Gasteiger partial charge in [0, 0.05) is 12.7 Å². The summed E-state index contributed by atoms with van der Waals surface area (Å²) < 4.78 is 0. The van der Waals surface area contributed by atoms with Crippen molar-refractivity contribution >= 4 is 23.4 Å². The average molecular weight is 260 g/mol. The number of nitrogens with zero attached hydrogens (tertiary/aromatic N) is 2. The Morgan fingerprint density at radius 3 is 2.47 bits per heavy atom. The number of hydrogen-bond acceptors (Lipinski definition) is 4. The molecule has 3 amide bonds. The van der Waals surface area contributed by atoms with Crippen LogP contribution in [0.2, 0.25) is 0 Å². The fraction of sp³-hybridized carbons (Fsp3) is 0.308. The van der Waals surface area contributed by atoms with Crippen LogP contribution in [0.25, 0.3) is 0 Å². The van der Waals surface area contributed by atoms with Crippen LogP contribution in [0.15, 0.2) is 18.2 Å². The van der Waals surface area contributed by atoms with Crippen molar-refractivity contribution < 1.29 is 19.5 Å². The standard InChI is InChI=1S/C13H12N2O4/c1-14-12(18)9-3-2-7(4-10(9)13(14)19)15-6-8(16)5-11(15)17/h2-4,8,16H,5-6H2,1H3. The SMILES string of the molecule is CN1C(=O)c2ccc(N3CC(O)CC3=O)cc2C1=O. The molecule has 2 aliphatic rings. The van der Waals surface area contributed by atoms with Crippen LogP contribution in [0.4, 0.5) is 5.69 Å². The molecule has 0 aromatic heterocycles. The topological polar surface area (TPSA) is 77.9 Å². The van der Waals surface area contributed by atoms with Gasteiger partial charge in [0.15, 0.2) is 0 Å². The summed E-state index contributed by atoms with van der Waals surface area (Å²) >= 11 is 0. The number of anilines is 1. The highest BCUT2D eigenvalue weighted by Gasteiger charge is 2.35. The van der Waals surface area contributed by atoms with E-state index < -0.39 is 6.10 Å². The summed E-state index contributed by atoms with van der Waals surface area (Å²) in [6.07, 6.45) is -0.593. The predicted octanol–water partition coefficient (Wildman–Crippen LogP) is 0.01000. The van der Waals surface area contributed by atoms with E-state index >= 15 is 0 Å². The monoisotopic (exact) mass is 260 g/mol. The molecule has 0 spiro atoms. The molecule has 0 radical (unpaired) electrons. The van der Waals surface area contributed by atoms with Crippen molar-refractivity contribution in [3.8, 4) is 0 Å². The molecule has 3 rings (SSSR count). The minimum atomic E-state index is -0.680. The summed E-state index contributed by atoms with van der Waals surface area (Å²) in [5.41, 5.74) is 1.19. The van der Waals surface area contributed by atoms with Gasteiger partial charge >= 0.3 is 0 Å². The molecule has 2 heterocycles. The maximum absolute atomic E-state index is 11.9. The molecule has 98 valence electrons. The molecule has 1 atom stereocenters. The minimum absolute atomic E-state index is 0.0872. The second kappa shape index (κ2) is 3.89. The van der Waals surface area contributed by atoms with Crippen molar-refractivity contribution in [1.29, 1.82) is 0 Å². The van der Waals surface area contributed by atoms with E-state index in [1.54, 1.807) is 12.1 Å². The molecule has 0 saturated carbocycles. The zero-order valence-electron chi connectivity index (χ0n) is 10.3. The van der Waals surface area contributed by atoms with Crippen molar-refractivity contribution in [2.45, 2.75) is 12.5 Å². The van der Waals surface area contributed by atoms with Gasteiger partial charge in [-0.25, -0.2) is 0 Å². The van der Waals surface area contributed by atoms with Crippen LogP contribution >= 0.6 is 0 Å². The van der Waals surface area contributed by atoms with Gasteiger partial charge in [0.2, 0.25) is 5.91 Å². The van der Waals surface area contributed by atoms with Crippen LogP contribution in [-0.2, 0) is 4.79 Å². The van der Waals surface area contributed by atoms with Gasteiger partial charge in [0.25, 0.3) is 11.8 Å². The summed E-state index contributed by atoms with van der Waals surface area (Å²) in [7, 11) is 1.43. The Morgan fingerprint density at radius 2 is 1.84 bits per heavy atom. The number of imide groups is 1. The Morgan fingerprint density at radius 1 is 1.16 bits per heavy atom. The van der Waals surface area contributed by atoms with E-state index in [1.165, 1.54) is 18.0 Å². The Kier molecular flexibility index (Phi) is 2.43. The first-order chi connectivity index (χ1) is 8.99.